The molecule has 9 heteroatoms. The Labute approximate surface area is 122 Å². The smallest absolute Gasteiger partial charge is 0.480 e. The van der Waals surface area contributed by atoms with Crippen molar-refractivity contribution >= 4 is 11.9 Å². The van der Waals surface area contributed by atoms with E-state index in [0.29, 0.717) is 18.2 Å². The molecule has 0 bridgehead atoms. The summed E-state index contributed by atoms with van der Waals surface area (Å²) < 4.78 is 53.5. The van der Waals surface area contributed by atoms with Gasteiger partial charge in [-0.15, -0.1) is 13.2 Å². The molecule has 0 saturated heterocycles. The number of carboxylic acids is 1. The normalized spacial score (nSPS) is 12.9. The lowest BCUT2D eigenvalue weighted by molar-refractivity contribution is -0.274. The van der Waals surface area contributed by atoms with Gasteiger partial charge in [-0.2, -0.15) is 0 Å². The van der Waals surface area contributed by atoms with Crippen molar-refractivity contribution in [2.45, 2.75) is 26.3 Å². The fraction of sp³-hybridized carbons (Fsp3) is 0.385. The molecule has 0 saturated carbocycles. The van der Waals surface area contributed by atoms with Crippen molar-refractivity contribution in [3.63, 3.8) is 0 Å². The van der Waals surface area contributed by atoms with Crippen LogP contribution in [0.15, 0.2) is 18.2 Å². The van der Waals surface area contributed by atoms with Crippen LogP contribution in [0.5, 0.6) is 5.75 Å². The minimum absolute atomic E-state index is 0.501. The fourth-order valence-electron chi connectivity index (χ4n) is 1.61. The van der Waals surface area contributed by atoms with Crippen molar-refractivity contribution in [1.29, 1.82) is 0 Å². The topological polar surface area (TPSA) is 75.6 Å². The largest absolute Gasteiger partial charge is 0.573 e. The number of ether oxygens (including phenoxy) is 1. The van der Waals surface area contributed by atoms with E-state index < -0.39 is 47.3 Å². The van der Waals surface area contributed by atoms with Crippen LogP contribution in [-0.4, -0.2) is 29.4 Å². The van der Waals surface area contributed by atoms with Crippen LogP contribution < -0.4 is 10.1 Å². The maximum atomic E-state index is 13.6. The van der Waals surface area contributed by atoms with Crippen LogP contribution >= 0.6 is 0 Å². The molecule has 5 nitrogen and oxygen atoms in total. The van der Waals surface area contributed by atoms with Crippen molar-refractivity contribution in [1.82, 2.24) is 5.32 Å². The second kappa shape index (κ2) is 6.63. The van der Waals surface area contributed by atoms with Gasteiger partial charge < -0.3 is 15.2 Å². The minimum Gasteiger partial charge on any atom is -0.480 e. The molecule has 1 amide bonds. The Morgan fingerprint density at radius 1 is 1.27 bits per heavy atom. The second-order valence-corrected chi connectivity index (χ2v) is 4.72. The highest BCUT2D eigenvalue weighted by atomic mass is 19.4. The number of carbonyl (C=O) groups excluding carboxylic acids is 1. The molecule has 122 valence electrons. The van der Waals surface area contributed by atoms with E-state index in [2.05, 4.69) is 4.74 Å². The number of aliphatic carboxylic acids is 1. The Balaban J connectivity index is 3.02. The molecule has 2 N–H and O–H groups in total. The van der Waals surface area contributed by atoms with Crippen molar-refractivity contribution in [3.05, 3.63) is 29.6 Å². The first-order valence-corrected chi connectivity index (χ1v) is 6.10. The molecule has 0 aliphatic carbocycles. The molecule has 0 heterocycles. The van der Waals surface area contributed by atoms with Gasteiger partial charge in [0.2, 0.25) is 0 Å². The van der Waals surface area contributed by atoms with Crippen molar-refractivity contribution in [3.8, 4) is 5.75 Å². The quantitative estimate of drug-likeness (QED) is 0.817. The summed E-state index contributed by atoms with van der Waals surface area (Å²) in [5.74, 6) is -4.87. The number of amides is 1. The monoisotopic (exact) mass is 323 g/mol. The number of carbonyl (C=O) groups is 2. The predicted octanol–water partition coefficient (Wildman–Crippen LogP) is 2.56. The van der Waals surface area contributed by atoms with E-state index in [4.69, 9.17) is 5.11 Å². The van der Waals surface area contributed by atoms with E-state index in [1.54, 1.807) is 0 Å². The van der Waals surface area contributed by atoms with Crippen LogP contribution in [0, 0.1) is 11.7 Å². The predicted molar refractivity (Wildman–Crippen MR) is 66.8 cm³/mol. The summed E-state index contributed by atoms with van der Waals surface area (Å²) in [4.78, 5) is 22.8. The van der Waals surface area contributed by atoms with Crippen molar-refractivity contribution < 1.29 is 37.0 Å². The first-order valence-electron chi connectivity index (χ1n) is 6.10. The molecular formula is C13H13F4NO4. The van der Waals surface area contributed by atoms with Crippen LogP contribution in [0.4, 0.5) is 17.6 Å². The molecule has 0 radical (unpaired) electrons. The maximum absolute atomic E-state index is 13.6. The zero-order valence-electron chi connectivity index (χ0n) is 11.6. The fourth-order valence-corrected chi connectivity index (χ4v) is 1.61. The lowest BCUT2D eigenvalue weighted by Crippen LogP contribution is -2.44. The molecule has 1 atom stereocenters. The van der Waals surface area contributed by atoms with Gasteiger partial charge in [0.25, 0.3) is 5.91 Å². The molecule has 0 aromatic heterocycles. The third kappa shape index (κ3) is 4.90. The van der Waals surface area contributed by atoms with Gasteiger partial charge in [-0.05, 0) is 24.1 Å². The van der Waals surface area contributed by atoms with Gasteiger partial charge in [0.05, 0.1) is 5.56 Å². The van der Waals surface area contributed by atoms with E-state index in [-0.39, 0.29) is 0 Å². The van der Waals surface area contributed by atoms with Crippen molar-refractivity contribution in [2.24, 2.45) is 5.92 Å². The highest BCUT2D eigenvalue weighted by Crippen LogP contribution is 2.24. The average Bonchev–Trinajstić information content (AvgIpc) is 2.35. The first kappa shape index (κ1) is 17.7. The van der Waals surface area contributed by atoms with E-state index in [9.17, 15) is 27.2 Å². The molecular weight excluding hydrogens is 310 g/mol. The zero-order valence-corrected chi connectivity index (χ0v) is 11.6. The molecule has 0 fully saturated rings. The average molecular weight is 323 g/mol. The summed E-state index contributed by atoms with van der Waals surface area (Å²) in [6, 6.07) is 0.578. The molecule has 0 aliphatic rings. The highest BCUT2D eigenvalue weighted by Gasteiger charge is 2.32. The molecule has 1 rings (SSSR count). The van der Waals surface area contributed by atoms with E-state index in [1.165, 1.54) is 13.8 Å². The van der Waals surface area contributed by atoms with Gasteiger partial charge in [0.1, 0.15) is 17.6 Å². The highest BCUT2D eigenvalue weighted by molar-refractivity contribution is 5.97. The first-order chi connectivity index (χ1) is 10.0. The lowest BCUT2D eigenvalue weighted by Gasteiger charge is -2.18. The molecule has 0 aliphatic heterocycles. The summed E-state index contributed by atoms with van der Waals surface area (Å²) >= 11 is 0. The third-order valence-corrected chi connectivity index (χ3v) is 2.64. The number of rotatable bonds is 5. The molecule has 1 aromatic rings. The summed E-state index contributed by atoms with van der Waals surface area (Å²) in [6.45, 7) is 3.03. The number of carboxylic acid groups (broad SMARTS) is 1. The lowest BCUT2D eigenvalue weighted by atomic mass is 10.0. The Morgan fingerprint density at radius 2 is 1.86 bits per heavy atom. The Morgan fingerprint density at radius 3 is 2.32 bits per heavy atom. The van der Waals surface area contributed by atoms with Crippen LogP contribution in [0.3, 0.4) is 0 Å². The summed E-state index contributed by atoms with van der Waals surface area (Å²) in [5.41, 5.74) is -0.742. The molecule has 1 aromatic carbocycles. The molecule has 22 heavy (non-hydrogen) atoms. The summed E-state index contributed by atoms with van der Waals surface area (Å²) in [5, 5.41) is 11.0. The number of nitrogens with one attached hydrogen (secondary N) is 1. The maximum Gasteiger partial charge on any atom is 0.573 e. The number of hydrogen-bond donors (Lipinski definition) is 2. The van der Waals surface area contributed by atoms with E-state index >= 15 is 0 Å². The van der Waals surface area contributed by atoms with Gasteiger partial charge in [-0.1, -0.05) is 13.8 Å². The van der Waals surface area contributed by atoms with Gasteiger partial charge in [0, 0.05) is 0 Å². The van der Waals surface area contributed by atoms with Gasteiger partial charge in [-0.3, -0.25) is 4.79 Å². The summed E-state index contributed by atoms with van der Waals surface area (Å²) in [6.07, 6.45) is -4.99. The Kier molecular flexibility index (Phi) is 5.34. The van der Waals surface area contributed by atoms with Crippen molar-refractivity contribution in [2.75, 3.05) is 0 Å². The van der Waals surface area contributed by atoms with Crippen LogP contribution in [-0.2, 0) is 4.79 Å². The van der Waals surface area contributed by atoms with Crippen LogP contribution in [0.2, 0.25) is 0 Å². The molecule has 0 spiro atoms. The van der Waals surface area contributed by atoms with E-state index in [0.717, 1.165) is 0 Å². The third-order valence-electron chi connectivity index (χ3n) is 2.64. The zero-order chi connectivity index (χ0) is 17.1. The van der Waals surface area contributed by atoms with Gasteiger partial charge in [0.15, 0.2) is 0 Å². The van der Waals surface area contributed by atoms with Crippen LogP contribution in [0.1, 0.15) is 24.2 Å². The number of hydrogen-bond acceptors (Lipinski definition) is 3. The van der Waals surface area contributed by atoms with Gasteiger partial charge >= 0.3 is 12.3 Å². The standard InChI is InChI=1S/C13H13F4NO4/c1-6(2)10(12(20)21)18-11(19)8-5-7(3-4-9(8)14)22-13(15,16)17/h3-6,10H,1-2H3,(H,18,19)(H,20,21)/t10-/m1/s1. The van der Waals surface area contributed by atoms with E-state index in [1.807, 2.05) is 5.32 Å². The Bertz CT molecular complexity index is 572. The van der Waals surface area contributed by atoms with Gasteiger partial charge in [-0.25, -0.2) is 9.18 Å². The number of benzene rings is 1. The molecule has 0 unspecified atom stereocenters. The summed E-state index contributed by atoms with van der Waals surface area (Å²) in [7, 11) is 0. The van der Waals surface area contributed by atoms with Crippen LogP contribution in [0.25, 0.3) is 0 Å². The Hall–Kier alpha value is -2.32. The minimum atomic E-state index is -4.99. The SMILES string of the molecule is CC(C)[C@@H](NC(=O)c1cc(OC(F)(F)F)ccc1F)C(=O)O. The number of alkyl halides is 3. The number of halogens is 4. The second-order valence-electron chi connectivity index (χ2n) is 4.72.